The lowest BCUT2D eigenvalue weighted by Gasteiger charge is -2.14. The van der Waals surface area contributed by atoms with Crippen LogP contribution in [0.3, 0.4) is 0 Å². The second-order valence-electron chi connectivity index (χ2n) is 6.23. The number of benzene rings is 1. The smallest absolute Gasteiger partial charge is 0.355 e. The van der Waals surface area contributed by atoms with E-state index in [1.807, 2.05) is 31.2 Å². The molecule has 0 fully saturated rings. The highest BCUT2D eigenvalue weighted by molar-refractivity contribution is 5.99. The summed E-state index contributed by atoms with van der Waals surface area (Å²) in [7, 11) is 0. The van der Waals surface area contributed by atoms with E-state index in [-0.39, 0.29) is 24.7 Å². The van der Waals surface area contributed by atoms with Gasteiger partial charge in [-0.15, -0.1) is 0 Å². The lowest BCUT2D eigenvalue weighted by atomic mass is 10.0. The Labute approximate surface area is 161 Å². The van der Waals surface area contributed by atoms with Crippen LogP contribution in [0, 0.1) is 6.92 Å². The molecule has 0 bridgehead atoms. The molecule has 1 aromatic carbocycles. The fourth-order valence-corrected chi connectivity index (χ4v) is 2.95. The third kappa shape index (κ3) is 3.78. The fraction of sp³-hybridized carbons (Fsp3) is 0.238. The Morgan fingerprint density at radius 2 is 1.86 bits per heavy atom. The van der Waals surface area contributed by atoms with Gasteiger partial charge in [0.1, 0.15) is 12.3 Å². The number of para-hydroxylation sites is 1. The molecule has 3 aromatic rings. The number of hydrogen-bond donors (Lipinski definition) is 1. The largest absolute Gasteiger partial charge is 0.462 e. The zero-order valence-corrected chi connectivity index (χ0v) is 15.9. The van der Waals surface area contributed by atoms with Crippen molar-refractivity contribution in [1.82, 2.24) is 9.97 Å². The molecular formula is C21H20N2O5. The first-order valence-electron chi connectivity index (χ1n) is 8.84. The summed E-state index contributed by atoms with van der Waals surface area (Å²) in [5.74, 6) is -1.32. The van der Waals surface area contributed by atoms with Crippen LogP contribution in [-0.4, -0.2) is 34.3 Å². The van der Waals surface area contributed by atoms with Crippen molar-refractivity contribution in [2.75, 3.05) is 6.61 Å². The van der Waals surface area contributed by atoms with Crippen LogP contribution in [0.1, 0.15) is 56.3 Å². The van der Waals surface area contributed by atoms with Crippen LogP contribution in [0.15, 0.2) is 36.5 Å². The van der Waals surface area contributed by atoms with Crippen molar-refractivity contribution in [3.63, 3.8) is 0 Å². The van der Waals surface area contributed by atoms with E-state index < -0.39 is 11.9 Å². The predicted molar refractivity (Wildman–Crippen MR) is 102 cm³/mol. The van der Waals surface area contributed by atoms with Crippen LogP contribution in [0.4, 0.5) is 0 Å². The normalized spacial score (nSPS) is 10.7. The van der Waals surface area contributed by atoms with E-state index in [2.05, 4.69) is 9.97 Å². The molecule has 3 rings (SSSR count). The predicted octanol–water partition coefficient (Wildman–Crippen LogP) is 3.61. The number of H-pyrrole nitrogens is 1. The van der Waals surface area contributed by atoms with E-state index in [1.54, 1.807) is 6.92 Å². The van der Waals surface area contributed by atoms with Crippen LogP contribution in [0.25, 0.3) is 10.9 Å². The van der Waals surface area contributed by atoms with Crippen molar-refractivity contribution >= 4 is 28.6 Å². The number of fused-ring (bicyclic) bond motifs is 1. The molecule has 0 aliphatic heterocycles. The van der Waals surface area contributed by atoms with Gasteiger partial charge in [-0.05, 0) is 38.5 Å². The summed E-state index contributed by atoms with van der Waals surface area (Å²) in [6.45, 7) is 4.96. The molecular weight excluding hydrogens is 360 g/mol. The number of hydrogen-bond acceptors (Lipinski definition) is 6. The molecule has 0 radical (unpaired) electrons. The zero-order valence-electron chi connectivity index (χ0n) is 15.9. The first kappa shape index (κ1) is 19.3. The van der Waals surface area contributed by atoms with Gasteiger partial charge in [0, 0.05) is 17.1 Å². The summed E-state index contributed by atoms with van der Waals surface area (Å²) in [4.78, 5) is 43.4. The quantitative estimate of drug-likeness (QED) is 0.518. The molecule has 7 nitrogen and oxygen atoms in total. The van der Waals surface area contributed by atoms with Gasteiger partial charge in [-0.25, -0.2) is 14.6 Å². The molecule has 28 heavy (non-hydrogen) atoms. The number of ether oxygens (including phenoxy) is 2. The van der Waals surface area contributed by atoms with Gasteiger partial charge in [-0.1, -0.05) is 18.2 Å². The molecule has 2 heterocycles. The lowest BCUT2D eigenvalue weighted by molar-refractivity contribution is 0.0439. The van der Waals surface area contributed by atoms with E-state index in [1.165, 1.54) is 19.2 Å². The van der Waals surface area contributed by atoms with Crippen LogP contribution in [-0.2, 0) is 16.1 Å². The Hall–Kier alpha value is -3.48. The molecule has 0 saturated carbocycles. The molecule has 0 atom stereocenters. The highest BCUT2D eigenvalue weighted by atomic mass is 16.5. The van der Waals surface area contributed by atoms with Gasteiger partial charge in [0.25, 0.3) is 0 Å². The topological polar surface area (TPSA) is 98.4 Å². The minimum atomic E-state index is -0.644. The number of pyridine rings is 1. The third-order valence-corrected chi connectivity index (χ3v) is 4.36. The van der Waals surface area contributed by atoms with Crippen LogP contribution in [0.5, 0.6) is 0 Å². The molecule has 144 valence electrons. The number of esters is 2. The number of carbonyl (C=O) groups is 3. The van der Waals surface area contributed by atoms with Crippen LogP contribution in [0.2, 0.25) is 0 Å². The van der Waals surface area contributed by atoms with Gasteiger partial charge in [0.05, 0.1) is 23.4 Å². The van der Waals surface area contributed by atoms with Crippen molar-refractivity contribution in [1.29, 1.82) is 0 Å². The van der Waals surface area contributed by atoms with Crippen LogP contribution >= 0.6 is 0 Å². The number of aromatic amines is 1. The number of rotatable bonds is 6. The van der Waals surface area contributed by atoms with Crippen molar-refractivity contribution in [3.05, 3.63) is 64.6 Å². The first-order valence-corrected chi connectivity index (χ1v) is 8.84. The Kier molecular flexibility index (Phi) is 5.54. The second kappa shape index (κ2) is 8.04. The second-order valence-corrected chi connectivity index (χ2v) is 6.23. The molecule has 0 saturated heterocycles. The summed E-state index contributed by atoms with van der Waals surface area (Å²) < 4.78 is 10.5. The van der Waals surface area contributed by atoms with Gasteiger partial charge < -0.3 is 14.5 Å². The number of nitrogens with zero attached hydrogens (tertiary/aromatic N) is 1. The molecule has 0 aliphatic rings. The standard InChI is InChI=1S/C21H20N2O5/c1-4-27-21(26)19-12(2)15-7-5-6-8-16(15)23-18(19)11-28-20(25)17-9-14(10-22-17)13(3)24/h5-10,22H,4,11H2,1-3H3. The Morgan fingerprint density at radius 3 is 2.54 bits per heavy atom. The highest BCUT2D eigenvalue weighted by Crippen LogP contribution is 2.24. The van der Waals surface area contributed by atoms with Gasteiger partial charge in [0.15, 0.2) is 5.78 Å². The highest BCUT2D eigenvalue weighted by Gasteiger charge is 2.21. The monoisotopic (exact) mass is 380 g/mol. The molecule has 7 heteroatoms. The maximum atomic E-state index is 12.5. The van der Waals surface area contributed by atoms with Gasteiger partial charge in [-0.2, -0.15) is 0 Å². The molecule has 0 unspecified atom stereocenters. The Bertz CT molecular complexity index is 1070. The SMILES string of the molecule is CCOC(=O)c1c(COC(=O)c2cc(C(C)=O)c[nH]2)nc2ccccc2c1C. The molecule has 0 amide bonds. The molecule has 0 aliphatic carbocycles. The first-order chi connectivity index (χ1) is 13.4. The van der Waals surface area contributed by atoms with Gasteiger partial charge >= 0.3 is 11.9 Å². The summed E-state index contributed by atoms with van der Waals surface area (Å²) in [6, 6.07) is 8.83. The molecule has 0 spiro atoms. The number of ketones is 1. The number of aromatic nitrogens is 2. The van der Waals surface area contributed by atoms with Crippen molar-refractivity contribution in [3.8, 4) is 0 Å². The van der Waals surface area contributed by atoms with Gasteiger partial charge in [0.2, 0.25) is 0 Å². The number of nitrogens with one attached hydrogen (secondary N) is 1. The lowest BCUT2D eigenvalue weighted by Crippen LogP contribution is -2.15. The number of aryl methyl sites for hydroxylation is 1. The van der Waals surface area contributed by atoms with Crippen molar-refractivity contribution in [2.45, 2.75) is 27.4 Å². The van der Waals surface area contributed by atoms with Crippen molar-refractivity contribution < 1.29 is 23.9 Å². The van der Waals surface area contributed by atoms with Crippen molar-refractivity contribution in [2.24, 2.45) is 0 Å². The zero-order chi connectivity index (χ0) is 20.3. The van der Waals surface area contributed by atoms with E-state index >= 15 is 0 Å². The van der Waals surface area contributed by atoms with Gasteiger partial charge in [-0.3, -0.25) is 4.79 Å². The van der Waals surface area contributed by atoms with Crippen LogP contribution < -0.4 is 0 Å². The summed E-state index contributed by atoms with van der Waals surface area (Å²) >= 11 is 0. The minimum absolute atomic E-state index is 0.153. The summed E-state index contributed by atoms with van der Waals surface area (Å²) in [5.41, 5.74) is 2.57. The maximum Gasteiger partial charge on any atom is 0.355 e. The Balaban J connectivity index is 1.92. The molecule has 1 N–H and O–H groups in total. The third-order valence-electron chi connectivity index (χ3n) is 4.36. The average Bonchev–Trinajstić information content (AvgIpc) is 3.17. The van der Waals surface area contributed by atoms with E-state index in [4.69, 9.17) is 9.47 Å². The number of carbonyl (C=O) groups excluding carboxylic acids is 3. The van der Waals surface area contributed by atoms with E-state index in [0.29, 0.717) is 27.9 Å². The summed E-state index contributed by atoms with van der Waals surface area (Å²) in [6.07, 6.45) is 1.45. The number of Topliss-reactive ketones (excluding diaryl/α,β-unsaturated/α-hetero) is 1. The average molecular weight is 380 g/mol. The van der Waals surface area contributed by atoms with E-state index in [0.717, 1.165) is 5.39 Å². The minimum Gasteiger partial charge on any atom is -0.462 e. The fourth-order valence-electron chi connectivity index (χ4n) is 2.95. The maximum absolute atomic E-state index is 12.5. The van der Waals surface area contributed by atoms with E-state index in [9.17, 15) is 14.4 Å². The molecule has 2 aromatic heterocycles. The summed E-state index contributed by atoms with van der Waals surface area (Å²) in [5, 5.41) is 0.830. The Morgan fingerprint density at radius 1 is 1.11 bits per heavy atom.